The number of ether oxygens (including phenoxy) is 1. The first-order chi connectivity index (χ1) is 22.2. The zero-order valence-electron chi connectivity index (χ0n) is 25.6. The third-order valence-corrected chi connectivity index (χ3v) is 8.67. The monoisotopic (exact) mass is 622 g/mol. The predicted molar refractivity (Wildman–Crippen MR) is 190 cm³/mol. The van der Waals surface area contributed by atoms with E-state index in [-0.39, 0.29) is 5.41 Å². The van der Waals surface area contributed by atoms with Crippen molar-refractivity contribution in [2.24, 2.45) is 0 Å². The molecule has 0 aliphatic carbocycles. The number of nitrogen functional groups attached to an aromatic ring is 1. The first kappa shape index (κ1) is 28.0. The Bertz CT molecular complexity index is 2450. The minimum absolute atomic E-state index is 0.0183. The molecule has 3 heterocycles. The molecule has 3 aromatic heterocycles. The number of nitrogens with two attached hydrogens (primary N) is 1. The number of para-hydroxylation sites is 1. The summed E-state index contributed by atoms with van der Waals surface area (Å²) in [6, 6.07) is 36.0. The van der Waals surface area contributed by atoms with E-state index >= 15 is 0 Å². The van der Waals surface area contributed by atoms with Gasteiger partial charge < -0.3 is 20.2 Å². The van der Waals surface area contributed by atoms with Gasteiger partial charge in [-0.1, -0.05) is 56.6 Å². The molecule has 0 amide bonds. The number of furan rings is 1. The van der Waals surface area contributed by atoms with E-state index in [1.54, 1.807) is 0 Å². The van der Waals surface area contributed by atoms with Crippen LogP contribution < -0.4 is 15.8 Å². The lowest BCUT2D eigenvalue weighted by Crippen LogP contribution is -2.12. The predicted octanol–water partition coefficient (Wildman–Crippen LogP) is 11.1. The van der Waals surface area contributed by atoms with Crippen LogP contribution in [0.4, 0.5) is 17.1 Å². The van der Waals surface area contributed by atoms with E-state index in [1.807, 2.05) is 91.1 Å². The van der Waals surface area contributed by atoms with Crippen LogP contribution in [-0.4, -0.2) is 9.55 Å². The van der Waals surface area contributed by atoms with E-state index in [2.05, 4.69) is 54.9 Å². The maximum absolute atomic E-state index is 6.48. The molecule has 5 aromatic carbocycles. The number of nitrogens with zero attached hydrogens (tertiary/aromatic N) is 2. The Morgan fingerprint density at radius 3 is 2.46 bits per heavy atom. The number of rotatable bonds is 5. The van der Waals surface area contributed by atoms with E-state index in [1.165, 1.54) is 5.56 Å². The van der Waals surface area contributed by atoms with Crippen LogP contribution in [0.3, 0.4) is 0 Å². The highest BCUT2D eigenvalue weighted by molar-refractivity contribution is 6.32. The van der Waals surface area contributed by atoms with Crippen LogP contribution in [0.1, 0.15) is 26.3 Å². The highest BCUT2D eigenvalue weighted by Gasteiger charge is 2.19. The Balaban J connectivity index is 1.15. The van der Waals surface area contributed by atoms with Gasteiger partial charge in [0.05, 0.1) is 22.4 Å². The molecule has 3 N–H and O–H groups in total. The summed E-state index contributed by atoms with van der Waals surface area (Å²) >= 11 is 6.46. The van der Waals surface area contributed by atoms with Gasteiger partial charge in [0, 0.05) is 56.7 Å². The van der Waals surface area contributed by atoms with Crippen LogP contribution in [0.15, 0.2) is 120 Å². The Morgan fingerprint density at radius 1 is 0.739 bits per heavy atom. The Morgan fingerprint density at radius 2 is 1.59 bits per heavy atom. The molecule has 0 radical (unpaired) electrons. The minimum Gasteiger partial charge on any atom is -0.457 e. The van der Waals surface area contributed by atoms with Crippen LogP contribution in [0.2, 0.25) is 5.02 Å². The number of aromatic nitrogens is 2. The molecule has 6 nitrogen and oxygen atoms in total. The van der Waals surface area contributed by atoms with Crippen LogP contribution in [0.25, 0.3) is 49.6 Å². The average molecular weight is 623 g/mol. The largest absolute Gasteiger partial charge is 0.457 e. The van der Waals surface area contributed by atoms with E-state index in [9.17, 15) is 0 Å². The van der Waals surface area contributed by atoms with Crippen LogP contribution in [-0.2, 0) is 5.41 Å². The Hall–Kier alpha value is -5.46. The number of anilines is 3. The number of nitrogens with one attached hydrogen (secondary N) is 1. The second-order valence-corrected chi connectivity index (χ2v) is 13.1. The zero-order valence-corrected chi connectivity index (χ0v) is 26.4. The number of fused-ring (bicyclic) bond motifs is 6. The molecule has 0 bridgehead atoms. The standard InChI is InChI=1S/C39H31ClN4O2/c1-39(2,3)23-15-16-42-38(17-23)44-34-14-11-24(40)18-30(34)28-13-12-27(20-35(28)44)45-26-8-6-7-25(19-26)43-33-22-37-31(21-32(33)41)29-9-4-5-10-36(29)46-37/h4-22,43H,41H2,1-3H3. The van der Waals surface area contributed by atoms with Crippen LogP contribution in [0.5, 0.6) is 11.5 Å². The second kappa shape index (κ2) is 10.6. The summed E-state index contributed by atoms with van der Waals surface area (Å²) in [7, 11) is 0. The Labute approximate surface area is 271 Å². The average Bonchev–Trinajstić information content (AvgIpc) is 3.55. The summed E-state index contributed by atoms with van der Waals surface area (Å²) < 4.78 is 14.7. The third-order valence-electron chi connectivity index (χ3n) is 8.44. The molecule has 8 rings (SSSR count). The van der Waals surface area contributed by atoms with Gasteiger partial charge in [0.2, 0.25) is 0 Å². The number of halogens is 1. The molecular weight excluding hydrogens is 592 g/mol. The maximum Gasteiger partial charge on any atom is 0.137 e. The summed E-state index contributed by atoms with van der Waals surface area (Å²) in [6.45, 7) is 6.62. The lowest BCUT2D eigenvalue weighted by molar-refractivity contribution is 0.483. The number of hydrogen-bond donors (Lipinski definition) is 2. The number of benzene rings is 5. The summed E-state index contributed by atoms with van der Waals surface area (Å²) in [5.41, 5.74) is 13.5. The number of pyridine rings is 1. The molecular formula is C39H31ClN4O2. The fourth-order valence-electron chi connectivity index (χ4n) is 6.12. The normalized spacial score (nSPS) is 12.0. The van der Waals surface area contributed by atoms with Gasteiger partial charge in [-0.2, -0.15) is 0 Å². The molecule has 46 heavy (non-hydrogen) atoms. The highest BCUT2D eigenvalue weighted by atomic mass is 35.5. The highest BCUT2D eigenvalue weighted by Crippen LogP contribution is 2.38. The molecule has 0 saturated heterocycles. The fourth-order valence-corrected chi connectivity index (χ4v) is 6.29. The third kappa shape index (κ3) is 4.88. The molecule has 0 spiro atoms. The van der Waals surface area contributed by atoms with Gasteiger partial charge in [-0.15, -0.1) is 0 Å². The molecule has 0 atom stereocenters. The van der Waals surface area contributed by atoms with Crippen molar-refractivity contribution in [2.75, 3.05) is 11.1 Å². The first-order valence-corrected chi connectivity index (χ1v) is 15.6. The SMILES string of the molecule is CC(C)(C)c1ccnc(-n2c3ccc(Cl)cc3c3ccc(Oc4cccc(Nc5cc6oc7ccccc7c6cc5N)c4)cc32)c1. The van der Waals surface area contributed by atoms with Crippen molar-refractivity contribution in [2.45, 2.75) is 26.2 Å². The van der Waals surface area contributed by atoms with Crippen molar-refractivity contribution >= 4 is 72.4 Å². The molecule has 0 aliphatic rings. The van der Waals surface area contributed by atoms with E-state index in [0.29, 0.717) is 22.2 Å². The minimum atomic E-state index is -0.0183. The fraction of sp³-hybridized carbons (Fsp3) is 0.103. The summed E-state index contributed by atoms with van der Waals surface area (Å²) in [6.07, 6.45) is 1.88. The summed E-state index contributed by atoms with van der Waals surface area (Å²) in [4.78, 5) is 4.79. The van der Waals surface area contributed by atoms with Crippen LogP contribution >= 0.6 is 11.6 Å². The van der Waals surface area contributed by atoms with Crippen molar-refractivity contribution in [3.05, 3.63) is 126 Å². The van der Waals surface area contributed by atoms with Gasteiger partial charge in [-0.3, -0.25) is 4.57 Å². The molecule has 0 saturated carbocycles. The molecule has 0 aliphatic heterocycles. The van der Waals surface area contributed by atoms with Gasteiger partial charge in [-0.25, -0.2) is 4.98 Å². The van der Waals surface area contributed by atoms with Crippen molar-refractivity contribution < 1.29 is 9.15 Å². The van der Waals surface area contributed by atoms with Gasteiger partial charge in [0.1, 0.15) is 28.5 Å². The molecule has 8 aromatic rings. The number of hydrogen-bond acceptors (Lipinski definition) is 5. The quantitative estimate of drug-likeness (QED) is 0.187. The van der Waals surface area contributed by atoms with E-state index < -0.39 is 0 Å². The topological polar surface area (TPSA) is 78.2 Å². The summed E-state index contributed by atoms with van der Waals surface area (Å²) in [5, 5.41) is 8.30. The van der Waals surface area contributed by atoms with Gasteiger partial charge in [0.15, 0.2) is 0 Å². The Kier molecular flexibility index (Phi) is 6.44. The molecule has 7 heteroatoms. The van der Waals surface area contributed by atoms with E-state index in [4.69, 9.17) is 31.5 Å². The molecule has 226 valence electrons. The molecule has 0 unspecified atom stereocenters. The van der Waals surface area contributed by atoms with Gasteiger partial charge in [0.25, 0.3) is 0 Å². The maximum atomic E-state index is 6.48. The van der Waals surface area contributed by atoms with Crippen molar-refractivity contribution in [3.8, 4) is 17.3 Å². The zero-order chi connectivity index (χ0) is 31.6. The lowest BCUT2D eigenvalue weighted by Gasteiger charge is -2.20. The smallest absolute Gasteiger partial charge is 0.137 e. The van der Waals surface area contributed by atoms with Crippen LogP contribution in [0, 0.1) is 0 Å². The van der Waals surface area contributed by atoms with Crippen molar-refractivity contribution in [3.63, 3.8) is 0 Å². The van der Waals surface area contributed by atoms with Gasteiger partial charge in [-0.05, 0) is 77.7 Å². The first-order valence-electron chi connectivity index (χ1n) is 15.2. The van der Waals surface area contributed by atoms with Gasteiger partial charge >= 0.3 is 0 Å². The second-order valence-electron chi connectivity index (χ2n) is 12.6. The van der Waals surface area contributed by atoms with E-state index in [0.717, 1.165) is 60.9 Å². The van der Waals surface area contributed by atoms with Crippen molar-refractivity contribution in [1.82, 2.24) is 9.55 Å². The summed E-state index contributed by atoms with van der Waals surface area (Å²) in [5.74, 6) is 2.23. The molecule has 0 fully saturated rings. The lowest BCUT2D eigenvalue weighted by atomic mass is 9.88. The van der Waals surface area contributed by atoms with Crippen molar-refractivity contribution in [1.29, 1.82) is 0 Å².